The van der Waals surface area contributed by atoms with Gasteiger partial charge in [0.25, 0.3) is 0 Å². The highest BCUT2D eigenvalue weighted by Crippen LogP contribution is 2.28. The van der Waals surface area contributed by atoms with Crippen molar-refractivity contribution in [3.63, 3.8) is 0 Å². The Morgan fingerprint density at radius 1 is 1.30 bits per heavy atom. The summed E-state index contributed by atoms with van der Waals surface area (Å²) in [7, 11) is 0. The molecule has 3 aromatic rings. The third-order valence-corrected chi connectivity index (χ3v) is 4.90. The highest BCUT2D eigenvalue weighted by molar-refractivity contribution is 5.77. The van der Waals surface area contributed by atoms with Crippen LogP contribution in [0.4, 0.5) is 5.82 Å². The molecule has 1 saturated heterocycles. The normalized spacial score (nSPS) is 17.5. The second kappa shape index (κ2) is 6.86. The Balaban J connectivity index is 1.53. The molecule has 1 aromatic carbocycles. The average molecular weight is 366 g/mol. The van der Waals surface area contributed by atoms with Crippen LogP contribution in [0.15, 0.2) is 34.9 Å². The number of anilines is 1. The summed E-state index contributed by atoms with van der Waals surface area (Å²) in [5.41, 5.74) is 8.57. The number of aryl methyl sites for hydroxylation is 1. The number of hydrogen-bond donors (Lipinski definition) is 1. The smallest absolute Gasteiger partial charge is 0.231 e. The zero-order valence-corrected chi connectivity index (χ0v) is 15.4. The minimum Gasteiger partial charge on any atom is -0.384 e. The lowest BCUT2D eigenvalue weighted by molar-refractivity contribution is -0.133. The van der Waals surface area contributed by atoms with Crippen molar-refractivity contribution in [3.05, 3.63) is 41.9 Å². The Hall–Kier alpha value is -3.16. The quantitative estimate of drug-likeness (QED) is 0.761. The maximum atomic E-state index is 11.8. The van der Waals surface area contributed by atoms with Crippen molar-refractivity contribution in [1.29, 1.82) is 0 Å². The van der Waals surface area contributed by atoms with Crippen LogP contribution in [-0.2, 0) is 4.79 Å². The van der Waals surface area contributed by atoms with E-state index in [9.17, 15) is 4.79 Å². The third-order valence-electron chi connectivity index (χ3n) is 4.90. The van der Waals surface area contributed by atoms with Crippen LogP contribution in [0, 0.1) is 6.92 Å². The molecule has 27 heavy (non-hydrogen) atoms. The van der Waals surface area contributed by atoms with Gasteiger partial charge in [0.15, 0.2) is 0 Å². The molecule has 3 heterocycles. The van der Waals surface area contributed by atoms with Gasteiger partial charge in [0.1, 0.15) is 5.82 Å². The van der Waals surface area contributed by atoms with Crippen LogP contribution in [0.25, 0.3) is 17.1 Å². The van der Waals surface area contributed by atoms with E-state index in [1.54, 1.807) is 4.68 Å². The lowest BCUT2D eigenvalue weighted by Crippen LogP contribution is -2.38. The van der Waals surface area contributed by atoms with Crippen molar-refractivity contribution >= 4 is 11.7 Å². The molecule has 2 aromatic heterocycles. The van der Waals surface area contributed by atoms with Crippen molar-refractivity contribution in [1.82, 2.24) is 24.8 Å². The van der Waals surface area contributed by atoms with Gasteiger partial charge in [-0.15, -0.1) is 0 Å². The van der Waals surface area contributed by atoms with Crippen LogP contribution in [0.3, 0.4) is 0 Å². The summed E-state index contributed by atoms with van der Waals surface area (Å²) < 4.78 is 7.18. The number of aromatic nitrogens is 4. The molecule has 4 rings (SSSR count). The fourth-order valence-electron chi connectivity index (χ4n) is 3.42. The molecule has 140 valence electrons. The summed E-state index contributed by atoms with van der Waals surface area (Å²) in [6, 6.07) is 9.51. The Bertz CT molecular complexity index is 959. The van der Waals surface area contributed by atoms with E-state index in [-0.39, 0.29) is 11.8 Å². The van der Waals surface area contributed by atoms with Gasteiger partial charge < -0.3 is 15.2 Å². The van der Waals surface area contributed by atoms with Gasteiger partial charge in [-0.25, -0.2) is 4.68 Å². The summed E-state index contributed by atoms with van der Waals surface area (Å²) in [6.07, 6.45) is 1.27. The van der Waals surface area contributed by atoms with Crippen molar-refractivity contribution < 1.29 is 9.32 Å². The highest BCUT2D eigenvalue weighted by Gasteiger charge is 2.29. The molecule has 0 spiro atoms. The Morgan fingerprint density at radius 2 is 2.07 bits per heavy atom. The van der Waals surface area contributed by atoms with E-state index < -0.39 is 0 Å². The summed E-state index contributed by atoms with van der Waals surface area (Å²) in [5.74, 6) is 2.01. The number of nitrogen functional groups attached to an aromatic ring is 1. The van der Waals surface area contributed by atoms with E-state index in [4.69, 9.17) is 10.3 Å². The lowest BCUT2D eigenvalue weighted by Gasteiger charge is -2.29. The summed E-state index contributed by atoms with van der Waals surface area (Å²) >= 11 is 0. The number of rotatable bonds is 4. The van der Waals surface area contributed by atoms with Gasteiger partial charge in [0.05, 0.1) is 17.3 Å². The number of nitrogens with zero attached hydrogens (tertiary/aromatic N) is 5. The summed E-state index contributed by atoms with van der Waals surface area (Å²) in [6.45, 7) is 5.22. The molecule has 1 aliphatic rings. The lowest BCUT2D eigenvalue weighted by atomic mass is 9.97. The van der Waals surface area contributed by atoms with Crippen LogP contribution in [0.5, 0.6) is 0 Å². The predicted molar refractivity (Wildman–Crippen MR) is 100 cm³/mol. The second-order valence-corrected chi connectivity index (χ2v) is 6.79. The molecule has 2 N–H and O–H groups in total. The number of piperidine rings is 1. The summed E-state index contributed by atoms with van der Waals surface area (Å²) in [4.78, 5) is 18.2. The van der Waals surface area contributed by atoms with Gasteiger partial charge in [0.2, 0.25) is 17.6 Å². The van der Waals surface area contributed by atoms with E-state index in [0.717, 1.165) is 23.4 Å². The van der Waals surface area contributed by atoms with Crippen LogP contribution >= 0.6 is 0 Å². The molecule has 1 atom stereocenters. The van der Waals surface area contributed by atoms with Crippen LogP contribution in [0.1, 0.15) is 37.3 Å². The van der Waals surface area contributed by atoms with E-state index in [1.807, 2.05) is 49.1 Å². The molecular weight excluding hydrogens is 344 g/mol. The Labute approximate surface area is 157 Å². The van der Waals surface area contributed by atoms with E-state index in [0.29, 0.717) is 37.0 Å². The molecule has 0 saturated carbocycles. The van der Waals surface area contributed by atoms with Gasteiger partial charge in [-0.3, -0.25) is 4.79 Å². The fourth-order valence-corrected chi connectivity index (χ4v) is 3.42. The number of likely N-dealkylation sites (tertiary alicyclic amines) is 1. The van der Waals surface area contributed by atoms with Crippen LogP contribution in [-0.4, -0.2) is 43.8 Å². The largest absolute Gasteiger partial charge is 0.384 e. The third kappa shape index (κ3) is 3.30. The zero-order chi connectivity index (χ0) is 19.0. The van der Waals surface area contributed by atoms with E-state index in [1.165, 1.54) is 0 Å². The van der Waals surface area contributed by atoms with E-state index >= 15 is 0 Å². The second-order valence-electron chi connectivity index (χ2n) is 6.79. The fraction of sp³-hybridized carbons (Fsp3) is 0.368. The van der Waals surface area contributed by atoms with Gasteiger partial charge in [-0.05, 0) is 44.5 Å². The predicted octanol–water partition coefficient (Wildman–Crippen LogP) is 2.54. The number of benzene rings is 1. The number of hydrogen-bond acceptors (Lipinski definition) is 6. The van der Waals surface area contributed by atoms with Gasteiger partial charge >= 0.3 is 0 Å². The molecule has 1 fully saturated rings. The minimum atomic E-state index is 0.0926. The monoisotopic (exact) mass is 366 g/mol. The number of carbonyl (C=O) groups excluding carboxylic acids is 1. The Morgan fingerprint density at radius 3 is 2.74 bits per heavy atom. The van der Waals surface area contributed by atoms with Gasteiger partial charge in [-0.1, -0.05) is 5.16 Å². The van der Waals surface area contributed by atoms with Crippen molar-refractivity contribution in [2.75, 3.05) is 18.8 Å². The van der Waals surface area contributed by atoms with Crippen LogP contribution < -0.4 is 5.73 Å². The van der Waals surface area contributed by atoms with Gasteiger partial charge in [0, 0.05) is 31.1 Å². The molecule has 0 radical (unpaired) electrons. The standard InChI is InChI=1S/C19H22N6O2/c1-3-24-11-14(6-9-17(24)26)19-21-18(23-27-19)13-4-7-15(8-5-13)25-16(20)10-12(2)22-25/h4-5,7-8,10,14H,3,6,9,11,20H2,1-2H3. The number of nitrogens with two attached hydrogens (primary N) is 1. The topological polar surface area (TPSA) is 103 Å². The van der Waals surface area contributed by atoms with Crippen molar-refractivity contribution in [3.8, 4) is 17.1 Å². The molecular formula is C19H22N6O2. The maximum absolute atomic E-state index is 11.8. The first-order valence-electron chi connectivity index (χ1n) is 9.09. The zero-order valence-electron chi connectivity index (χ0n) is 15.4. The molecule has 1 aliphatic heterocycles. The molecule has 8 nitrogen and oxygen atoms in total. The average Bonchev–Trinajstić information content (AvgIpc) is 3.29. The first-order chi connectivity index (χ1) is 13.0. The highest BCUT2D eigenvalue weighted by atomic mass is 16.5. The molecule has 1 amide bonds. The summed E-state index contributed by atoms with van der Waals surface area (Å²) in [5, 5.41) is 8.50. The first-order valence-corrected chi connectivity index (χ1v) is 9.09. The maximum Gasteiger partial charge on any atom is 0.231 e. The number of likely N-dealkylation sites (N-methyl/N-ethyl adjacent to an activating group) is 1. The van der Waals surface area contributed by atoms with E-state index in [2.05, 4.69) is 15.2 Å². The minimum absolute atomic E-state index is 0.0926. The molecule has 0 bridgehead atoms. The van der Waals surface area contributed by atoms with Crippen molar-refractivity contribution in [2.24, 2.45) is 0 Å². The Kier molecular flexibility index (Phi) is 4.39. The molecule has 8 heteroatoms. The van der Waals surface area contributed by atoms with Crippen molar-refractivity contribution in [2.45, 2.75) is 32.6 Å². The molecule has 0 aliphatic carbocycles. The molecule has 1 unspecified atom stereocenters. The SMILES string of the molecule is CCN1CC(c2nc(-c3ccc(-n4nc(C)cc4N)cc3)no2)CCC1=O. The van der Waals surface area contributed by atoms with Gasteiger partial charge in [-0.2, -0.15) is 10.1 Å². The number of carbonyl (C=O) groups is 1. The number of amides is 1. The first kappa shape index (κ1) is 17.3. The van der Waals surface area contributed by atoms with Crippen LogP contribution in [0.2, 0.25) is 0 Å².